The van der Waals surface area contributed by atoms with Crippen LogP contribution in [0.15, 0.2) is 35.7 Å². The molecule has 20 heavy (non-hydrogen) atoms. The van der Waals surface area contributed by atoms with E-state index in [1.54, 1.807) is 29.5 Å². The van der Waals surface area contributed by atoms with Gasteiger partial charge in [0.2, 0.25) is 6.79 Å². The smallest absolute Gasteiger partial charge is 0.251 e. The molecule has 0 spiro atoms. The first-order chi connectivity index (χ1) is 9.81. The van der Waals surface area contributed by atoms with Gasteiger partial charge in [-0.1, -0.05) is 6.07 Å². The van der Waals surface area contributed by atoms with E-state index in [1.807, 2.05) is 0 Å². The average Bonchev–Trinajstić information content (AvgIpc) is 2.92. The van der Waals surface area contributed by atoms with Crippen molar-refractivity contribution in [2.24, 2.45) is 0 Å². The summed E-state index contributed by atoms with van der Waals surface area (Å²) in [4.78, 5) is 13.6. The molecule has 1 aromatic heterocycles. The highest BCUT2D eigenvalue weighted by Crippen LogP contribution is 2.43. The largest absolute Gasteiger partial charge is 0.454 e. The Morgan fingerprint density at radius 1 is 1.25 bits per heavy atom. The van der Waals surface area contributed by atoms with E-state index in [0.29, 0.717) is 23.0 Å². The van der Waals surface area contributed by atoms with Crippen molar-refractivity contribution in [2.45, 2.75) is 18.4 Å². The normalized spacial score (nSPS) is 22.6. The summed E-state index contributed by atoms with van der Waals surface area (Å²) >= 11 is 1.75. The van der Waals surface area contributed by atoms with Gasteiger partial charge in [0.25, 0.3) is 5.91 Å². The lowest BCUT2D eigenvalue weighted by Gasteiger charge is -2.05. The number of rotatable bonds is 3. The topological polar surface area (TPSA) is 47.6 Å². The molecule has 1 amide bonds. The number of nitrogens with one attached hydrogen (secondary N) is 1. The quantitative estimate of drug-likeness (QED) is 0.944. The first-order valence-electron chi connectivity index (χ1n) is 6.55. The monoisotopic (exact) mass is 287 g/mol. The molecule has 2 aliphatic rings. The van der Waals surface area contributed by atoms with Gasteiger partial charge in [0.1, 0.15) is 0 Å². The van der Waals surface area contributed by atoms with Crippen LogP contribution in [0.4, 0.5) is 0 Å². The molecule has 4 rings (SSSR count). The first-order valence-corrected chi connectivity index (χ1v) is 7.43. The lowest BCUT2D eigenvalue weighted by molar-refractivity contribution is 0.0950. The molecule has 2 aromatic rings. The Hall–Kier alpha value is -2.01. The number of fused-ring (bicyclic) bond motifs is 1. The fourth-order valence-corrected chi connectivity index (χ4v) is 3.37. The van der Waals surface area contributed by atoms with E-state index in [2.05, 4.69) is 22.8 Å². The maximum atomic E-state index is 12.2. The molecular formula is C15H13NO3S. The van der Waals surface area contributed by atoms with E-state index in [-0.39, 0.29) is 18.7 Å². The highest BCUT2D eigenvalue weighted by atomic mass is 32.1. The summed E-state index contributed by atoms with van der Waals surface area (Å²) in [5.41, 5.74) is 0.617. The standard InChI is InChI=1S/C15H13NO3S/c17-15(9-3-4-12-13(6-9)19-8-18-12)16-11-7-10(11)14-2-1-5-20-14/h1-6,10-11H,7-8H2,(H,16,17). The van der Waals surface area contributed by atoms with Crippen LogP contribution >= 0.6 is 11.3 Å². The molecule has 1 N–H and O–H groups in total. The highest BCUT2D eigenvalue weighted by molar-refractivity contribution is 7.10. The molecule has 5 heteroatoms. The number of benzene rings is 1. The molecule has 0 bridgehead atoms. The zero-order valence-corrected chi connectivity index (χ0v) is 11.5. The Labute approximate surface area is 120 Å². The molecule has 1 saturated carbocycles. The van der Waals surface area contributed by atoms with Crippen molar-refractivity contribution in [2.75, 3.05) is 6.79 Å². The fraction of sp³-hybridized carbons (Fsp3) is 0.267. The minimum absolute atomic E-state index is 0.0487. The van der Waals surface area contributed by atoms with Gasteiger partial charge in [0.15, 0.2) is 11.5 Å². The number of hydrogen-bond donors (Lipinski definition) is 1. The zero-order chi connectivity index (χ0) is 13.5. The van der Waals surface area contributed by atoms with Crippen molar-refractivity contribution < 1.29 is 14.3 Å². The molecular weight excluding hydrogens is 274 g/mol. The molecule has 0 radical (unpaired) electrons. The average molecular weight is 287 g/mol. The zero-order valence-electron chi connectivity index (χ0n) is 10.7. The van der Waals surface area contributed by atoms with Crippen LogP contribution < -0.4 is 14.8 Å². The van der Waals surface area contributed by atoms with Gasteiger partial charge in [-0.15, -0.1) is 11.3 Å². The Morgan fingerprint density at radius 2 is 2.15 bits per heavy atom. The fourth-order valence-electron chi connectivity index (χ4n) is 2.46. The number of hydrogen-bond acceptors (Lipinski definition) is 4. The maximum absolute atomic E-state index is 12.2. The third-order valence-electron chi connectivity index (χ3n) is 3.65. The Bertz CT molecular complexity index is 653. The third-order valence-corrected chi connectivity index (χ3v) is 4.65. The van der Waals surface area contributed by atoms with Crippen LogP contribution in [0.1, 0.15) is 27.6 Å². The summed E-state index contributed by atoms with van der Waals surface area (Å²) in [5, 5.41) is 5.14. The van der Waals surface area contributed by atoms with Crippen molar-refractivity contribution >= 4 is 17.2 Å². The molecule has 2 atom stereocenters. The van der Waals surface area contributed by atoms with Gasteiger partial charge in [-0.2, -0.15) is 0 Å². The number of thiophene rings is 1. The predicted octanol–water partition coefficient (Wildman–Crippen LogP) is 2.76. The summed E-state index contributed by atoms with van der Waals surface area (Å²) in [6, 6.07) is 9.72. The maximum Gasteiger partial charge on any atom is 0.251 e. The second kappa shape index (κ2) is 4.52. The van der Waals surface area contributed by atoms with Gasteiger partial charge < -0.3 is 14.8 Å². The van der Waals surface area contributed by atoms with Crippen molar-refractivity contribution in [3.05, 3.63) is 46.2 Å². The van der Waals surface area contributed by atoms with Gasteiger partial charge in [0.05, 0.1) is 0 Å². The number of amides is 1. The lowest BCUT2D eigenvalue weighted by atomic mass is 10.2. The van der Waals surface area contributed by atoms with E-state index in [1.165, 1.54) is 4.88 Å². The lowest BCUT2D eigenvalue weighted by Crippen LogP contribution is -2.26. The van der Waals surface area contributed by atoms with Gasteiger partial charge >= 0.3 is 0 Å². The van der Waals surface area contributed by atoms with Gasteiger partial charge in [-0.3, -0.25) is 4.79 Å². The summed E-state index contributed by atoms with van der Waals surface area (Å²) in [6.45, 7) is 0.226. The second-order valence-electron chi connectivity index (χ2n) is 5.01. The van der Waals surface area contributed by atoms with Crippen LogP contribution in [-0.2, 0) is 0 Å². The molecule has 1 aromatic carbocycles. The predicted molar refractivity (Wildman–Crippen MR) is 75.5 cm³/mol. The second-order valence-corrected chi connectivity index (χ2v) is 5.98. The minimum atomic E-state index is -0.0487. The van der Waals surface area contributed by atoms with Gasteiger partial charge in [-0.25, -0.2) is 0 Å². The van der Waals surface area contributed by atoms with E-state index in [9.17, 15) is 4.79 Å². The Kier molecular flexibility index (Phi) is 2.67. The summed E-state index contributed by atoms with van der Waals surface area (Å²) < 4.78 is 10.5. The molecule has 2 unspecified atom stereocenters. The van der Waals surface area contributed by atoms with Crippen molar-refractivity contribution in [1.29, 1.82) is 0 Å². The molecule has 1 aliphatic heterocycles. The Balaban J connectivity index is 1.44. The van der Waals surface area contributed by atoms with Crippen molar-refractivity contribution in [1.82, 2.24) is 5.32 Å². The Morgan fingerprint density at radius 3 is 3.00 bits per heavy atom. The van der Waals surface area contributed by atoms with Crippen LogP contribution in [0.25, 0.3) is 0 Å². The highest BCUT2D eigenvalue weighted by Gasteiger charge is 2.40. The number of ether oxygens (including phenoxy) is 2. The summed E-state index contributed by atoms with van der Waals surface area (Å²) in [6.07, 6.45) is 1.02. The number of carbonyl (C=O) groups excluding carboxylic acids is 1. The van der Waals surface area contributed by atoms with Crippen LogP contribution in [0.5, 0.6) is 11.5 Å². The van der Waals surface area contributed by atoms with E-state index in [0.717, 1.165) is 6.42 Å². The molecule has 0 saturated heterocycles. The molecule has 1 fully saturated rings. The van der Waals surface area contributed by atoms with Gasteiger partial charge in [-0.05, 0) is 36.1 Å². The first kappa shape index (κ1) is 11.8. The number of carbonyl (C=O) groups is 1. The van der Waals surface area contributed by atoms with E-state index >= 15 is 0 Å². The summed E-state index contributed by atoms with van der Waals surface area (Å²) in [7, 11) is 0. The van der Waals surface area contributed by atoms with Gasteiger partial charge in [0, 0.05) is 22.4 Å². The van der Waals surface area contributed by atoms with Crippen molar-refractivity contribution in [3.63, 3.8) is 0 Å². The molecule has 102 valence electrons. The molecule has 2 heterocycles. The van der Waals surface area contributed by atoms with Crippen LogP contribution in [-0.4, -0.2) is 18.7 Å². The van der Waals surface area contributed by atoms with E-state index in [4.69, 9.17) is 9.47 Å². The van der Waals surface area contributed by atoms with Crippen LogP contribution in [0.2, 0.25) is 0 Å². The molecule has 1 aliphatic carbocycles. The van der Waals surface area contributed by atoms with Crippen LogP contribution in [0, 0.1) is 0 Å². The van der Waals surface area contributed by atoms with Crippen LogP contribution in [0.3, 0.4) is 0 Å². The SMILES string of the molecule is O=C(NC1CC1c1cccs1)c1ccc2c(c1)OCO2. The molecule has 4 nitrogen and oxygen atoms in total. The van der Waals surface area contributed by atoms with E-state index < -0.39 is 0 Å². The van der Waals surface area contributed by atoms with Crippen molar-refractivity contribution in [3.8, 4) is 11.5 Å². The summed E-state index contributed by atoms with van der Waals surface area (Å²) in [5.74, 6) is 1.77. The third kappa shape index (κ3) is 2.04. The minimum Gasteiger partial charge on any atom is -0.454 e.